The minimum absolute atomic E-state index is 0.0695. The molecule has 2 N–H and O–H groups in total. The molecule has 1 aliphatic heterocycles. The molecule has 3 heteroatoms. The second-order valence-electron chi connectivity index (χ2n) is 4.17. The van der Waals surface area contributed by atoms with Crippen LogP contribution in [0.4, 0.5) is 0 Å². The Kier molecular flexibility index (Phi) is 3.57. The molecule has 0 bridgehead atoms. The molecular weight excluding hydrogens is 200 g/mol. The Morgan fingerprint density at radius 3 is 2.88 bits per heavy atom. The molecule has 1 amide bonds. The predicted octanol–water partition coefficient (Wildman–Crippen LogP) is 1.19. The van der Waals surface area contributed by atoms with Crippen molar-refractivity contribution in [3.63, 3.8) is 0 Å². The third kappa shape index (κ3) is 2.61. The number of amides is 1. The molecule has 1 radical (unpaired) electrons. The van der Waals surface area contributed by atoms with E-state index >= 15 is 0 Å². The Morgan fingerprint density at radius 2 is 2.19 bits per heavy atom. The van der Waals surface area contributed by atoms with Gasteiger partial charge in [-0.1, -0.05) is 30.3 Å². The molecule has 0 aliphatic carbocycles. The Balaban J connectivity index is 1.88. The number of nitrogens with zero attached hydrogens (tertiary/aromatic N) is 1. The van der Waals surface area contributed by atoms with Gasteiger partial charge in [-0.2, -0.15) is 0 Å². The van der Waals surface area contributed by atoms with Crippen molar-refractivity contribution >= 4 is 5.91 Å². The first-order valence-electron chi connectivity index (χ1n) is 5.69. The maximum absolute atomic E-state index is 11.2. The first kappa shape index (κ1) is 11.1. The van der Waals surface area contributed by atoms with Crippen molar-refractivity contribution in [1.29, 1.82) is 0 Å². The zero-order valence-corrected chi connectivity index (χ0v) is 9.30. The topological polar surface area (TPSA) is 46.3 Å². The lowest BCUT2D eigenvalue weighted by Crippen LogP contribution is -2.40. The lowest BCUT2D eigenvalue weighted by molar-refractivity contribution is -0.122. The summed E-state index contributed by atoms with van der Waals surface area (Å²) in [5, 5.41) is 0. The minimum Gasteiger partial charge on any atom is -0.368 e. The van der Waals surface area contributed by atoms with Gasteiger partial charge in [0.15, 0.2) is 0 Å². The van der Waals surface area contributed by atoms with Crippen molar-refractivity contribution in [1.82, 2.24) is 4.90 Å². The summed E-state index contributed by atoms with van der Waals surface area (Å²) in [6.45, 7) is 1.77. The molecule has 1 saturated heterocycles. The number of hydrogen-bond donors (Lipinski definition) is 1. The first-order chi connectivity index (χ1) is 7.77. The zero-order valence-electron chi connectivity index (χ0n) is 9.30. The van der Waals surface area contributed by atoms with E-state index in [-0.39, 0.29) is 11.9 Å². The molecular formula is C13H17N2O. The lowest BCUT2D eigenvalue weighted by atomic mass is 10.1. The third-order valence-electron chi connectivity index (χ3n) is 3.05. The van der Waals surface area contributed by atoms with Crippen LogP contribution in [0.1, 0.15) is 18.4 Å². The SMILES string of the molecule is NC(=O)C1CCCN1C[CH]c1ccccc1. The van der Waals surface area contributed by atoms with Gasteiger partial charge in [0.2, 0.25) is 5.91 Å². The average molecular weight is 217 g/mol. The Morgan fingerprint density at radius 1 is 1.44 bits per heavy atom. The number of carbonyl (C=O) groups is 1. The second-order valence-corrected chi connectivity index (χ2v) is 4.17. The van der Waals surface area contributed by atoms with E-state index < -0.39 is 0 Å². The molecule has 2 rings (SSSR count). The molecule has 1 fully saturated rings. The third-order valence-corrected chi connectivity index (χ3v) is 3.05. The molecule has 85 valence electrons. The van der Waals surface area contributed by atoms with Crippen LogP contribution < -0.4 is 5.73 Å². The number of nitrogens with two attached hydrogens (primary N) is 1. The minimum atomic E-state index is -0.195. The molecule has 1 aliphatic rings. The molecule has 1 aromatic rings. The Bertz CT molecular complexity index is 350. The molecule has 16 heavy (non-hydrogen) atoms. The van der Waals surface area contributed by atoms with Crippen molar-refractivity contribution < 1.29 is 4.79 Å². The van der Waals surface area contributed by atoms with Crippen molar-refractivity contribution in [2.24, 2.45) is 5.73 Å². The highest BCUT2D eigenvalue weighted by atomic mass is 16.1. The highest BCUT2D eigenvalue weighted by Crippen LogP contribution is 2.17. The summed E-state index contributed by atoms with van der Waals surface area (Å²) in [6, 6.07) is 10.1. The van der Waals surface area contributed by atoms with Gasteiger partial charge in [-0.25, -0.2) is 0 Å². The van der Waals surface area contributed by atoms with Gasteiger partial charge in [0.05, 0.1) is 6.04 Å². The quantitative estimate of drug-likeness (QED) is 0.823. The number of rotatable bonds is 4. The van der Waals surface area contributed by atoms with E-state index in [1.54, 1.807) is 0 Å². The standard InChI is InChI=1S/C13H17N2O/c14-13(16)12-7-4-9-15(12)10-8-11-5-2-1-3-6-11/h1-3,5-6,8,12H,4,7,9-10H2,(H2,14,16). The smallest absolute Gasteiger partial charge is 0.234 e. The fraction of sp³-hybridized carbons (Fsp3) is 0.385. The Labute approximate surface area is 96.2 Å². The van der Waals surface area contributed by atoms with Crippen LogP contribution in [0.15, 0.2) is 30.3 Å². The van der Waals surface area contributed by atoms with E-state index in [0.717, 1.165) is 25.9 Å². The molecule has 1 atom stereocenters. The molecule has 0 saturated carbocycles. The molecule has 1 aromatic carbocycles. The summed E-state index contributed by atoms with van der Waals surface area (Å²) in [5.74, 6) is -0.195. The van der Waals surface area contributed by atoms with Crippen LogP contribution in [0.3, 0.4) is 0 Å². The van der Waals surface area contributed by atoms with Gasteiger partial charge in [0.1, 0.15) is 0 Å². The molecule has 1 unspecified atom stereocenters. The van der Waals surface area contributed by atoms with Crippen LogP contribution in [0, 0.1) is 6.42 Å². The maximum Gasteiger partial charge on any atom is 0.234 e. The van der Waals surface area contributed by atoms with Gasteiger partial charge in [-0.05, 0) is 24.9 Å². The first-order valence-corrected chi connectivity index (χ1v) is 5.69. The number of likely N-dealkylation sites (tertiary alicyclic amines) is 1. The number of carbonyl (C=O) groups excluding carboxylic acids is 1. The maximum atomic E-state index is 11.2. The van der Waals surface area contributed by atoms with Crippen LogP contribution >= 0.6 is 0 Å². The largest absolute Gasteiger partial charge is 0.368 e. The van der Waals surface area contributed by atoms with Crippen LogP contribution in [0.2, 0.25) is 0 Å². The van der Waals surface area contributed by atoms with Gasteiger partial charge in [0.25, 0.3) is 0 Å². The van der Waals surface area contributed by atoms with E-state index in [1.165, 1.54) is 5.56 Å². The van der Waals surface area contributed by atoms with Crippen molar-refractivity contribution in [2.45, 2.75) is 18.9 Å². The monoisotopic (exact) mass is 217 g/mol. The summed E-state index contributed by atoms with van der Waals surface area (Å²) < 4.78 is 0. The van der Waals surface area contributed by atoms with E-state index in [4.69, 9.17) is 5.73 Å². The summed E-state index contributed by atoms with van der Waals surface area (Å²) in [7, 11) is 0. The van der Waals surface area contributed by atoms with Crippen LogP contribution in [0.5, 0.6) is 0 Å². The van der Waals surface area contributed by atoms with Crippen molar-refractivity contribution in [2.75, 3.05) is 13.1 Å². The molecule has 0 spiro atoms. The summed E-state index contributed by atoms with van der Waals surface area (Å²) in [4.78, 5) is 13.3. The molecule has 0 aromatic heterocycles. The van der Waals surface area contributed by atoms with Gasteiger partial charge in [-0.3, -0.25) is 9.69 Å². The fourth-order valence-corrected chi connectivity index (χ4v) is 2.18. The Hall–Kier alpha value is -1.35. The van der Waals surface area contributed by atoms with Crippen molar-refractivity contribution in [3.05, 3.63) is 42.3 Å². The normalized spacial score (nSPS) is 21.1. The summed E-state index contributed by atoms with van der Waals surface area (Å²) >= 11 is 0. The van der Waals surface area contributed by atoms with Gasteiger partial charge in [0, 0.05) is 13.0 Å². The van der Waals surface area contributed by atoms with E-state index in [2.05, 4.69) is 23.5 Å². The average Bonchev–Trinajstić information content (AvgIpc) is 2.76. The zero-order chi connectivity index (χ0) is 11.4. The highest BCUT2D eigenvalue weighted by Gasteiger charge is 2.28. The van der Waals surface area contributed by atoms with Gasteiger partial charge >= 0.3 is 0 Å². The molecule has 1 heterocycles. The highest BCUT2D eigenvalue weighted by molar-refractivity contribution is 5.80. The lowest BCUT2D eigenvalue weighted by Gasteiger charge is -2.21. The van der Waals surface area contributed by atoms with Crippen LogP contribution in [-0.2, 0) is 4.79 Å². The summed E-state index contributed by atoms with van der Waals surface area (Å²) in [6.07, 6.45) is 4.11. The van der Waals surface area contributed by atoms with Gasteiger partial charge < -0.3 is 5.73 Å². The number of primary amides is 1. The van der Waals surface area contributed by atoms with Gasteiger partial charge in [-0.15, -0.1) is 0 Å². The summed E-state index contributed by atoms with van der Waals surface area (Å²) in [5.41, 5.74) is 6.55. The van der Waals surface area contributed by atoms with Crippen LogP contribution in [-0.4, -0.2) is 29.9 Å². The van der Waals surface area contributed by atoms with E-state index in [1.807, 2.05) is 18.2 Å². The van der Waals surface area contributed by atoms with Crippen molar-refractivity contribution in [3.8, 4) is 0 Å². The van der Waals surface area contributed by atoms with E-state index in [0.29, 0.717) is 0 Å². The fourth-order valence-electron chi connectivity index (χ4n) is 2.18. The van der Waals surface area contributed by atoms with Crippen LogP contribution in [0.25, 0.3) is 0 Å². The number of benzene rings is 1. The number of hydrogen-bond acceptors (Lipinski definition) is 2. The predicted molar refractivity (Wildman–Crippen MR) is 63.6 cm³/mol. The second kappa shape index (κ2) is 5.12. The molecule has 3 nitrogen and oxygen atoms in total. The van der Waals surface area contributed by atoms with E-state index in [9.17, 15) is 4.79 Å².